The van der Waals surface area contributed by atoms with Crippen LogP contribution in [0.2, 0.25) is 0 Å². The zero-order valence-corrected chi connectivity index (χ0v) is 12.3. The van der Waals surface area contributed by atoms with E-state index in [0.29, 0.717) is 6.42 Å². The van der Waals surface area contributed by atoms with E-state index in [1.807, 2.05) is 67.6 Å². The van der Waals surface area contributed by atoms with Crippen LogP contribution in [-0.4, -0.2) is 17.6 Å². The van der Waals surface area contributed by atoms with Crippen molar-refractivity contribution in [3.8, 4) is 0 Å². The van der Waals surface area contributed by atoms with Crippen molar-refractivity contribution in [2.45, 2.75) is 25.3 Å². The SMILES string of the molecule is CCNC(CC(=O)O)(Cc1ccccc1)c1ccccc1. The predicted octanol–water partition coefficient (Wildman–Crippen LogP) is 3.21. The number of carboxylic acid groups (broad SMARTS) is 1. The maximum absolute atomic E-state index is 11.4. The van der Waals surface area contributed by atoms with Crippen LogP contribution in [0.3, 0.4) is 0 Å². The zero-order chi connectivity index (χ0) is 15.1. The van der Waals surface area contributed by atoms with E-state index in [-0.39, 0.29) is 6.42 Å². The van der Waals surface area contributed by atoms with Crippen LogP contribution in [0.15, 0.2) is 60.7 Å². The van der Waals surface area contributed by atoms with E-state index in [2.05, 4.69) is 5.32 Å². The Kier molecular flexibility index (Phi) is 5.12. The molecule has 2 N–H and O–H groups in total. The first kappa shape index (κ1) is 15.3. The number of benzene rings is 2. The molecular weight excluding hydrogens is 262 g/mol. The van der Waals surface area contributed by atoms with Crippen LogP contribution >= 0.6 is 0 Å². The molecule has 0 saturated carbocycles. The van der Waals surface area contributed by atoms with Gasteiger partial charge in [-0.3, -0.25) is 4.79 Å². The van der Waals surface area contributed by atoms with E-state index in [4.69, 9.17) is 0 Å². The Hall–Kier alpha value is -2.13. The molecule has 0 heterocycles. The molecule has 0 aliphatic carbocycles. The Labute approximate surface area is 125 Å². The van der Waals surface area contributed by atoms with Crippen molar-refractivity contribution in [3.05, 3.63) is 71.8 Å². The molecule has 0 fully saturated rings. The van der Waals surface area contributed by atoms with Gasteiger partial charge in [0.25, 0.3) is 0 Å². The molecule has 21 heavy (non-hydrogen) atoms. The summed E-state index contributed by atoms with van der Waals surface area (Å²) < 4.78 is 0. The summed E-state index contributed by atoms with van der Waals surface area (Å²) in [4.78, 5) is 11.4. The molecule has 0 bridgehead atoms. The van der Waals surface area contributed by atoms with Gasteiger partial charge in [-0.25, -0.2) is 0 Å². The molecular formula is C18H21NO2. The number of hydrogen-bond donors (Lipinski definition) is 2. The Bertz CT molecular complexity index is 568. The van der Waals surface area contributed by atoms with Gasteiger partial charge in [-0.05, 0) is 24.1 Å². The minimum atomic E-state index is -0.796. The van der Waals surface area contributed by atoms with Crippen molar-refractivity contribution in [2.75, 3.05) is 6.54 Å². The van der Waals surface area contributed by atoms with Crippen LogP contribution in [0.25, 0.3) is 0 Å². The second-order valence-corrected chi connectivity index (χ2v) is 5.21. The number of carboxylic acids is 1. The number of likely N-dealkylation sites (N-methyl/N-ethyl adjacent to an activating group) is 1. The number of aliphatic carboxylic acids is 1. The number of nitrogens with one attached hydrogen (secondary N) is 1. The highest BCUT2D eigenvalue weighted by molar-refractivity contribution is 5.69. The number of hydrogen-bond acceptors (Lipinski definition) is 2. The van der Waals surface area contributed by atoms with Gasteiger partial charge in [-0.1, -0.05) is 67.6 Å². The molecule has 2 aromatic carbocycles. The lowest BCUT2D eigenvalue weighted by Gasteiger charge is -2.34. The summed E-state index contributed by atoms with van der Waals surface area (Å²) in [6, 6.07) is 19.9. The quantitative estimate of drug-likeness (QED) is 0.820. The van der Waals surface area contributed by atoms with Gasteiger partial charge in [-0.2, -0.15) is 0 Å². The monoisotopic (exact) mass is 283 g/mol. The molecule has 1 unspecified atom stereocenters. The van der Waals surface area contributed by atoms with Gasteiger partial charge in [0, 0.05) is 0 Å². The van der Waals surface area contributed by atoms with Crippen molar-refractivity contribution in [1.82, 2.24) is 5.32 Å². The molecule has 0 spiro atoms. The van der Waals surface area contributed by atoms with Crippen molar-refractivity contribution in [1.29, 1.82) is 0 Å². The average molecular weight is 283 g/mol. The average Bonchev–Trinajstić information content (AvgIpc) is 2.49. The number of carbonyl (C=O) groups is 1. The molecule has 3 nitrogen and oxygen atoms in total. The van der Waals surface area contributed by atoms with Crippen LogP contribution in [0.1, 0.15) is 24.5 Å². The molecule has 0 saturated heterocycles. The van der Waals surface area contributed by atoms with Crippen LogP contribution in [0, 0.1) is 0 Å². The molecule has 0 aromatic heterocycles. The van der Waals surface area contributed by atoms with Gasteiger partial charge in [-0.15, -0.1) is 0 Å². The third-order valence-corrected chi connectivity index (χ3v) is 3.64. The third kappa shape index (κ3) is 3.92. The molecule has 0 radical (unpaired) electrons. The van der Waals surface area contributed by atoms with E-state index >= 15 is 0 Å². The molecule has 110 valence electrons. The van der Waals surface area contributed by atoms with Gasteiger partial charge in [0.15, 0.2) is 0 Å². The molecule has 2 aromatic rings. The second-order valence-electron chi connectivity index (χ2n) is 5.21. The summed E-state index contributed by atoms with van der Waals surface area (Å²) in [6.45, 7) is 2.72. The molecule has 1 atom stereocenters. The first-order valence-corrected chi connectivity index (χ1v) is 7.22. The van der Waals surface area contributed by atoms with E-state index in [1.165, 1.54) is 0 Å². The van der Waals surface area contributed by atoms with Crippen LogP contribution in [-0.2, 0) is 16.8 Å². The minimum Gasteiger partial charge on any atom is -0.481 e. The summed E-state index contributed by atoms with van der Waals surface area (Å²) in [5, 5.41) is 12.8. The standard InChI is InChI=1S/C18H21NO2/c1-2-19-18(14-17(20)21,16-11-7-4-8-12-16)13-15-9-5-3-6-10-15/h3-12,19H,2,13-14H2,1H3,(H,20,21). The van der Waals surface area contributed by atoms with Crippen molar-refractivity contribution >= 4 is 5.97 Å². The van der Waals surface area contributed by atoms with Crippen molar-refractivity contribution < 1.29 is 9.90 Å². The fourth-order valence-corrected chi connectivity index (χ4v) is 2.79. The maximum atomic E-state index is 11.4. The minimum absolute atomic E-state index is 0.0553. The zero-order valence-electron chi connectivity index (χ0n) is 12.3. The maximum Gasteiger partial charge on any atom is 0.305 e. The second kappa shape index (κ2) is 7.04. The smallest absolute Gasteiger partial charge is 0.305 e. The van der Waals surface area contributed by atoms with Crippen LogP contribution in [0.4, 0.5) is 0 Å². The topological polar surface area (TPSA) is 49.3 Å². The van der Waals surface area contributed by atoms with E-state index in [1.54, 1.807) is 0 Å². The van der Waals surface area contributed by atoms with Crippen molar-refractivity contribution in [2.24, 2.45) is 0 Å². The van der Waals surface area contributed by atoms with Gasteiger partial charge >= 0.3 is 5.97 Å². The molecule has 2 rings (SSSR count). The van der Waals surface area contributed by atoms with E-state index in [9.17, 15) is 9.90 Å². The Morgan fingerprint density at radius 1 is 1.05 bits per heavy atom. The summed E-state index contributed by atoms with van der Waals surface area (Å²) in [5.41, 5.74) is 1.56. The lowest BCUT2D eigenvalue weighted by atomic mass is 9.81. The van der Waals surface area contributed by atoms with Gasteiger partial charge in [0.2, 0.25) is 0 Å². The highest BCUT2D eigenvalue weighted by atomic mass is 16.4. The Morgan fingerprint density at radius 3 is 2.14 bits per heavy atom. The first-order valence-electron chi connectivity index (χ1n) is 7.22. The highest BCUT2D eigenvalue weighted by Crippen LogP contribution is 2.29. The molecule has 3 heteroatoms. The lowest BCUT2D eigenvalue weighted by molar-refractivity contribution is -0.138. The third-order valence-electron chi connectivity index (χ3n) is 3.64. The predicted molar refractivity (Wildman–Crippen MR) is 84.2 cm³/mol. The first-order chi connectivity index (χ1) is 10.2. The highest BCUT2D eigenvalue weighted by Gasteiger charge is 2.34. The van der Waals surface area contributed by atoms with Crippen LogP contribution in [0.5, 0.6) is 0 Å². The molecule has 0 aliphatic rings. The Balaban J connectivity index is 2.42. The van der Waals surface area contributed by atoms with Gasteiger partial charge < -0.3 is 10.4 Å². The van der Waals surface area contributed by atoms with Crippen LogP contribution < -0.4 is 5.32 Å². The normalized spacial score (nSPS) is 13.6. The Morgan fingerprint density at radius 2 is 1.62 bits per heavy atom. The number of rotatable bonds is 7. The largest absolute Gasteiger partial charge is 0.481 e. The van der Waals surface area contributed by atoms with Gasteiger partial charge in [0.1, 0.15) is 0 Å². The van der Waals surface area contributed by atoms with E-state index in [0.717, 1.165) is 17.7 Å². The molecule has 0 aliphatic heterocycles. The fourth-order valence-electron chi connectivity index (χ4n) is 2.79. The van der Waals surface area contributed by atoms with Crippen molar-refractivity contribution in [3.63, 3.8) is 0 Å². The molecule has 0 amide bonds. The van der Waals surface area contributed by atoms with E-state index < -0.39 is 11.5 Å². The lowest BCUT2D eigenvalue weighted by Crippen LogP contribution is -2.46. The summed E-state index contributed by atoms with van der Waals surface area (Å²) >= 11 is 0. The summed E-state index contributed by atoms with van der Waals surface area (Å²) in [7, 11) is 0. The summed E-state index contributed by atoms with van der Waals surface area (Å²) in [6.07, 6.45) is 0.706. The van der Waals surface area contributed by atoms with Gasteiger partial charge in [0.05, 0.1) is 12.0 Å². The summed E-state index contributed by atoms with van der Waals surface area (Å²) in [5.74, 6) is -0.796. The fraction of sp³-hybridized carbons (Fsp3) is 0.278.